The van der Waals surface area contributed by atoms with E-state index in [2.05, 4.69) is 0 Å². The van der Waals surface area contributed by atoms with E-state index >= 15 is 0 Å². The van der Waals surface area contributed by atoms with Crippen LogP contribution >= 0.6 is 0 Å². The van der Waals surface area contributed by atoms with Gasteiger partial charge in [0.2, 0.25) is 9.84 Å². The summed E-state index contributed by atoms with van der Waals surface area (Å²) in [5.41, 5.74) is 0.953. The minimum atomic E-state index is -3.34. The highest BCUT2D eigenvalue weighted by atomic mass is 32.2. The third kappa shape index (κ3) is 1.60. The monoisotopic (exact) mass is 247 g/mol. The first-order chi connectivity index (χ1) is 8.19. The predicted molar refractivity (Wildman–Crippen MR) is 64.6 cm³/mol. The van der Waals surface area contributed by atoms with E-state index in [1.54, 1.807) is 30.3 Å². The van der Waals surface area contributed by atoms with Crippen molar-refractivity contribution >= 4 is 9.84 Å². The molecular formula is C13H13NO2S. The van der Waals surface area contributed by atoms with E-state index in [1.165, 1.54) is 0 Å². The Morgan fingerprint density at radius 1 is 1.06 bits per heavy atom. The molecular weight excluding hydrogens is 234 g/mol. The van der Waals surface area contributed by atoms with Crippen LogP contribution in [-0.2, 0) is 22.8 Å². The molecule has 0 fully saturated rings. The van der Waals surface area contributed by atoms with Gasteiger partial charge in [0, 0.05) is 18.4 Å². The topological polar surface area (TPSA) is 39.1 Å². The summed E-state index contributed by atoms with van der Waals surface area (Å²) in [6.07, 6.45) is 3.76. The zero-order valence-electron chi connectivity index (χ0n) is 9.33. The second kappa shape index (κ2) is 3.74. The van der Waals surface area contributed by atoms with E-state index in [1.807, 2.05) is 16.8 Å². The second-order valence-corrected chi connectivity index (χ2v) is 6.16. The van der Waals surface area contributed by atoms with Crippen LogP contribution in [-0.4, -0.2) is 13.0 Å². The SMILES string of the molecule is O=S(=O)(c1ccccc1)c1ccn2c1CCC2. The average molecular weight is 247 g/mol. The molecule has 1 aromatic heterocycles. The average Bonchev–Trinajstić information content (AvgIpc) is 2.91. The molecule has 0 amide bonds. The van der Waals surface area contributed by atoms with E-state index < -0.39 is 9.84 Å². The lowest BCUT2D eigenvalue weighted by molar-refractivity contribution is 0.595. The molecule has 3 nitrogen and oxygen atoms in total. The third-order valence-electron chi connectivity index (χ3n) is 3.19. The number of hydrogen-bond donors (Lipinski definition) is 0. The number of benzene rings is 1. The molecule has 0 spiro atoms. The minimum absolute atomic E-state index is 0.376. The van der Waals surface area contributed by atoms with Crippen molar-refractivity contribution in [2.24, 2.45) is 0 Å². The number of aromatic nitrogens is 1. The van der Waals surface area contributed by atoms with Crippen molar-refractivity contribution in [2.45, 2.75) is 29.2 Å². The van der Waals surface area contributed by atoms with Gasteiger partial charge in [0.05, 0.1) is 9.79 Å². The van der Waals surface area contributed by atoms with Crippen LogP contribution in [0.4, 0.5) is 0 Å². The number of nitrogens with zero attached hydrogens (tertiary/aromatic N) is 1. The van der Waals surface area contributed by atoms with Crippen molar-refractivity contribution in [3.8, 4) is 0 Å². The van der Waals surface area contributed by atoms with Crippen molar-refractivity contribution < 1.29 is 8.42 Å². The second-order valence-electron chi connectivity index (χ2n) is 4.24. The number of aryl methyl sites for hydroxylation is 1. The van der Waals surface area contributed by atoms with Crippen LogP contribution in [0.25, 0.3) is 0 Å². The standard InChI is InChI=1S/C13H13NO2S/c15-17(16,11-5-2-1-3-6-11)13-8-10-14-9-4-7-12(13)14/h1-3,5-6,8,10H,4,7,9H2. The van der Waals surface area contributed by atoms with Crippen molar-refractivity contribution in [3.05, 3.63) is 48.3 Å². The maximum Gasteiger partial charge on any atom is 0.208 e. The largest absolute Gasteiger partial charge is 0.350 e. The maximum absolute atomic E-state index is 12.4. The smallest absolute Gasteiger partial charge is 0.208 e. The van der Waals surface area contributed by atoms with Gasteiger partial charge in [-0.1, -0.05) is 18.2 Å². The number of hydrogen-bond acceptors (Lipinski definition) is 2. The van der Waals surface area contributed by atoms with Crippen LogP contribution in [0.5, 0.6) is 0 Å². The highest BCUT2D eigenvalue weighted by molar-refractivity contribution is 7.91. The number of sulfone groups is 1. The molecule has 17 heavy (non-hydrogen) atoms. The first kappa shape index (κ1) is 10.6. The fourth-order valence-corrected chi connectivity index (χ4v) is 3.89. The normalized spacial score (nSPS) is 14.8. The molecule has 1 aliphatic heterocycles. The number of fused-ring (bicyclic) bond motifs is 1. The Balaban J connectivity index is 2.16. The lowest BCUT2D eigenvalue weighted by atomic mass is 10.3. The summed E-state index contributed by atoms with van der Waals surface area (Å²) < 4.78 is 26.9. The zero-order chi connectivity index (χ0) is 11.9. The maximum atomic E-state index is 12.4. The van der Waals surface area contributed by atoms with E-state index in [0.717, 1.165) is 25.1 Å². The fraction of sp³-hybridized carbons (Fsp3) is 0.231. The third-order valence-corrected chi connectivity index (χ3v) is 5.04. The van der Waals surface area contributed by atoms with Crippen molar-refractivity contribution in [2.75, 3.05) is 0 Å². The number of rotatable bonds is 2. The van der Waals surface area contributed by atoms with Gasteiger partial charge in [-0.3, -0.25) is 0 Å². The minimum Gasteiger partial charge on any atom is -0.350 e. The van der Waals surface area contributed by atoms with Crippen LogP contribution in [0.2, 0.25) is 0 Å². The molecule has 88 valence electrons. The van der Waals surface area contributed by atoms with Gasteiger partial charge >= 0.3 is 0 Å². The molecule has 0 saturated carbocycles. The van der Waals surface area contributed by atoms with Crippen molar-refractivity contribution in [1.29, 1.82) is 0 Å². The summed E-state index contributed by atoms with van der Waals surface area (Å²) in [7, 11) is -3.34. The molecule has 4 heteroatoms. The summed E-state index contributed by atoms with van der Waals surface area (Å²) in [5.74, 6) is 0. The zero-order valence-corrected chi connectivity index (χ0v) is 10.2. The molecule has 1 aromatic carbocycles. The first-order valence-corrected chi connectivity index (χ1v) is 7.16. The van der Waals surface area contributed by atoms with Crippen LogP contribution in [0.1, 0.15) is 12.1 Å². The Labute approximate surface area is 101 Å². The van der Waals surface area contributed by atoms with Gasteiger partial charge in [0.25, 0.3) is 0 Å². The van der Waals surface area contributed by atoms with E-state index in [0.29, 0.717) is 9.79 Å². The van der Waals surface area contributed by atoms with Gasteiger partial charge in [0.15, 0.2) is 0 Å². The summed E-state index contributed by atoms with van der Waals surface area (Å²) in [6, 6.07) is 10.3. The summed E-state index contributed by atoms with van der Waals surface area (Å²) in [4.78, 5) is 0.849. The van der Waals surface area contributed by atoms with Crippen molar-refractivity contribution in [1.82, 2.24) is 4.57 Å². The quantitative estimate of drug-likeness (QED) is 0.816. The molecule has 0 radical (unpaired) electrons. The molecule has 3 rings (SSSR count). The highest BCUT2D eigenvalue weighted by Gasteiger charge is 2.25. The summed E-state index contributed by atoms with van der Waals surface area (Å²) in [5, 5.41) is 0. The molecule has 1 aliphatic rings. The fourth-order valence-electron chi connectivity index (χ4n) is 2.35. The van der Waals surface area contributed by atoms with Gasteiger partial charge in [0.1, 0.15) is 0 Å². The van der Waals surface area contributed by atoms with Crippen LogP contribution in [0.15, 0.2) is 52.4 Å². The summed E-state index contributed by atoms with van der Waals surface area (Å²) in [6.45, 7) is 0.930. The molecule has 2 aromatic rings. The highest BCUT2D eigenvalue weighted by Crippen LogP contribution is 2.28. The molecule has 0 aliphatic carbocycles. The van der Waals surface area contributed by atoms with Crippen LogP contribution in [0.3, 0.4) is 0 Å². The molecule has 0 unspecified atom stereocenters. The Bertz CT molecular complexity index is 641. The lowest BCUT2D eigenvalue weighted by Crippen LogP contribution is -2.03. The predicted octanol–water partition coefficient (Wildman–Crippen LogP) is 2.27. The van der Waals surface area contributed by atoms with E-state index in [4.69, 9.17) is 0 Å². The Hall–Kier alpha value is -1.55. The Kier molecular flexibility index (Phi) is 2.33. The lowest BCUT2D eigenvalue weighted by Gasteiger charge is -2.04. The molecule has 0 atom stereocenters. The summed E-state index contributed by atoms with van der Waals surface area (Å²) >= 11 is 0. The van der Waals surface area contributed by atoms with Crippen molar-refractivity contribution in [3.63, 3.8) is 0 Å². The van der Waals surface area contributed by atoms with E-state index in [9.17, 15) is 8.42 Å². The van der Waals surface area contributed by atoms with Gasteiger partial charge in [-0.15, -0.1) is 0 Å². The molecule has 0 saturated heterocycles. The Morgan fingerprint density at radius 3 is 2.59 bits per heavy atom. The van der Waals surface area contributed by atoms with Gasteiger partial charge in [-0.25, -0.2) is 8.42 Å². The van der Waals surface area contributed by atoms with E-state index in [-0.39, 0.29) is 0 Å². The molecule has 2 heterocycles. The molecule has 0 bridgehead atoms. The van der Waals surface area contributed by atoms with Crippen LogP contribution in [0, 0.1) is 0 Å². The van der Waals surface area contributed by atoms with Crippen LogP contribution < -0.4 is 0 Å². The van der Waals surface area contributed by atoms with Gasteiger partial charge in [-0.05, 0) is 31.0 Å². The molecule has 0 N–H and O–H groups in total. The van der Waals surface area contributed by atoms with Gasteiger partial charge < -0.3 is 4.57 Å². The van der Waals surface area contributed by atoms with Gasteiger partial charge in [-0.2, -0.15) is 0 Å². The Morgan fingerprint density at radius 2 is 1.82 bits per heavy atom. The first-order valence-electron chi connectivity index (χ1n) is 5.68.